The normalized spacial score (nSPS) is 15.0. The molecule has 0 radical (unpaired) electrons. The number of piperazine rings is 1. The second-order valence-corrected chi connectivity index (χ2v) is 8.31. The third-order valence-electron chi connectivity index (χ3n) is 6.25. The number of benzene rings is 3. The van der Waals surface area contributed by atoms with Gasteiger partial charge in [0.25, 0.3) is 0 Å². The van der Waals surface area contributed by atoms with Crippen LogP contribution in [0.25, 0.3) is 0 Å². The molecule has 1 heterocycles. The zero-order valence-electron chi connectivity index (χ0n) is 18.5. The predicted molar refractivity (Wildman–Crippen MR) is 132 cm³/mol. The minimum atomic E-state index is 0.283. The molecule has 0 bridgehead atoms. The number of anilines is 2. The fourth-order valence-electron chi connectivity index (χ4n) is 4.57. The molecule has 2 N–H and O–H groups in total. The lowest BCUT2D eigenvalue weighted by atomic mass is 9.96. The maximum absolute atomic E-state index is 11.6. The molecule has 5 heteroatoms. The van der Waals surface area contributed by atoms with E-state index in [0.29, 0.717) is 12.2 Å². The maximum atomic E-state index is 11.6. The molecule has 0 spiro atoms. The molecule has 0 aromatic heterocycles. The van der Waals surface area contributed by atoms with E-state index in [2.05, 4.69) is 70.5 Å². The fourth-order valence-corrected chi connectivity index (χ4v) is 4.57. The molecule has 1 saturated heterocycles. The van der Waals surface area contributed by atoms with Crippen LogP contribution in [0.4, 0.5) is 11.4 Å². The van der Waals surface area contributed by atoms with Crippen LogP contribution in [-0.4, -0.2) is 55.5 Å². The van der Waals surface area contributed by atoms with Crippen LogP contribution in [0.3, 0.4) is 0 Å². The minimum Gasteiger partial charge on any atom is -0.397 e. The lowest BCUT2D eigenvalue weighted by Crippen LogP contribution is -2.48. The molecule has 1 aliphatic heterocycles. The average Bonchev–Trinajstić information content (AvgIpc) is 2.85. The van der Waals surface area contributed by atoms with E-state index in [-0.39, 0.29) is 6.04 Å². The Bertz CT molecular complexity index is 932. The molecule has 3 aromatic rings. The number of hydrogen-bond acceptors (Lipinski definition) is 4. The summed E-state index contributed by atoms with van der Waals surface area (Å²) in [7, 11) is 0. The number of nitrogens with zero attached hydrogens (tertiary/aromatic N) is 3. The second-order valence-electron chi connectivity index (χ2n) is 8.31. The number of carbonyl (C=O) groups excluding carboxylic acids is 1. The number of nitrogen functional groups attached to an aromatic ring is 1. The maximum Gasteiger partial charge on any atom is 0.214 e. The van der Waals surface area contributed by atoms with Crippen molar-refractivity contribution >= 4 is 17.8 Å². The monoisotopic (exact) mass is 428 g/mol. The van der Waals surface area contributed by atoms with Crippen molar-refractivity contribution in [1.82, 2.24) is 9.80 Å². The van der Waals surface area contributed by atoms with Gasteiger partial charge in [-0.2, -0.15) is 0 Å². The molecule has 0 atom stereocenters. The quantitative estimate of drug-likeness (QED) is 0.413. The van der Waals surface area contributed by atoms with Crippen LogP contribution >= 0.6 is 0 Å². The van der Waals surface area contributed by atoms with Gasteiger partial charge in [0, 0.05) is 32.7 Å². The smallest absolute Gasteiger partial charge is 0.214 e. The van der Waals surface area contributed by atoms with Crippen LogP contribution in [0.15, 0.2) is 84.9 Å². The van der Waals surface area contributed by atoms with Crippen LogP contribution in [0.1, 0.15) is 23.6 Å². The van der Waals surface area contributed by atoms with Gasteiger partial charge < -0.3 is 15.5 Å². The molecule has 166 valence electrons. The van der Waals surface area contributed by atoms with Crippen LogP contribution in [0.2, 0.25) is 0 Å². The first-order valence-corrected chi connectivity index (χ1v) is 11.4. The lowest BCUT2D eigenvalue weighted by molar-refractivity contribution is -0.107. The zero-order valence-corrected chi connectivity index (χ0v) is 18.5. The topological polar surface area (TPSA) is 52.8 Å². The van der Waals surface area contributed by atoms with Gasteiger partial charge in [-0.25, -0.2) is 0 Å². The van der Waals surface area contributed by atoms with Crippen molar-refractivity contribution in [2.75, 3.05) is 49.9 Å². The molecule has 32 heavy (non-hydrogen) atoms. The summed E-state index contributed by atoms with van der Waals surface area (Å²) in [5, 5.41) is 0. The van der Waals surface area contributed by atoms with E-state index in [1.54, 1.807) is 4.90 Å². The number of para-hydroxylation sites is 2. The summed E-state index contributed by atoms with van der Waals surface area (Å²) < 4.78 is 0. The summed E-state index contributed by atoms with van der Waals surface area (Å²) in [6.07, 6.45) is 1.81. The van der Waals surface area contributed by atoms with Gasteiger partial charge in [-0.3, -0.25) is 9.69 Å². The minimum absolute atomic E-state index is 0.283. The number of nitrogens with two attached hydrogens (primary N) is 1. The Balaban J connectivity index is 1.33. The number of amides is 1. The van der Waals surface area contributed by atoms with Gasteiger partial charge in [0.05, 0.1) is 17.4 Å². The first kappa shape index (κ1) is 22.1. The van der Waals surface area contributed by atoms with E-state index in [9.17, 15) is 4.79 Å². The van der Waals surface area contributed by atoms with Crippen LogP contribution in [-0.2, 0) is 4.79 Å². The van der Waals surface area contributed by atoms with Crippen molar-refractivity contribution in [3.05, 3.63) is 96.1 Å². The summed E-state index contributed by atoms with van der Waals surface area (Å²) >= 11 is 0. The van der Waals surface area contributed by atoms with Gasteiger partial charge in [-0.05, 0) is 36.2 Å². The molecule has 4 rings (SSSR count). The summed E-state index contributed by atoms with van der Waals surface area (Å²) in [6.45, 7) is 5.77. The molecular weight excluding hydrogens is 396 g/mol. The molecule has 1 aliphatic rings. The Labute approximate surface area is 191 Å². The van der Waals surface area contributed by atoms with E-state index in [0.717, 1.165) is 51.2 Å². The Morgan fingerprint density at radius 1 is 0.812 bits per heavy atom. The molecule has 1 amide bonds. The average molecular weight is 429 g/mol. The van der Waals surface area contributed by atoms with Gasteiger partial charge in [-0.15, -0.1) is 0 Å². The van der Waals surface area contributed by atoms with Crippen molar-refractivity contribution in [3.8, 4) is 0 Å². The van der Waals surface area contributed by atoms with Gasteiger partial charge in [-0.1, -0.05) is 72.8 Å². The summed E-state index contributed by atoms with van der Waals surface area (Å²) in [4.78, 5) is 18.4. The molecule has 0 unspecified atom stereocenters. The van der Waals surface area contributed by atoms with Crippen molar-refractivity contribution in [2.24, 2.45) is 0 Å². The molecule has 0 saturated carbocycles. The van der Waals surface area contributed by atoms with Crippen molar-refractivity contribution in [2.45, 2.75) is 12.5 Å². The van der Waals surface area contributed by atoms with E-state index in [1.807, 2.05) is 24.3 Å². The van der Waals surface area contributed by atoms with Crippen LogP contribution < -0.4 is 10.6 Å². The lowest BCUT2D eigenvalue weighted by Gasteiger charge is -2.40. The summed E-state index contributed by atoms with van der Waals surface area (Å²) in [6, 6.07) is 29.4. The fraction of sp³-hybridized carbons (Fsp3) is 0.296. The highest BCUT2D eigenvalue weighted by Gasteiger charge is 2.26. The highest BCUT2D eigenvalue weighted by Crippen LogP contribution is 2.29. The summed E-state index contributed by atoms with van der Waals surface area (Å²) in [5.74, 6) is 0. The van der Waals surface area contributed by atoms with Crippen molar-refractivity contribution in [1.29, 1.82) is 0 Å². The van der Waals surface area contributed by atoms with E-state index in [1.165, 1.54) is 11.1 Å². The molecule has 5 nitrogen and oxygen atoms in total. The highest BCUT2D eigenvalue weighted by molar-refractivity contribution is 5.82. The molecule has 1 fully saturated rings. The van der Waals surface area contributed by atoms with Gasteiger partial charge >= 0.3 is 0 Å². The Morgan fingerprint density at radius 2 is 1.38 bits per heavy atom. The van der Waals surface area contributed by atoms with Crippen LogP contribution in [0, 0.1) is 0 Å². The third kappa shape index (κ3) is 5.36. The number of hydrogen-bond donors (Lipinski definition) is 1. The van der Waals surface area contributed by atoms with E-state index < -0.39 is 0 Å². The first-order chi connectivity index (χ1) is 15.8. The SMILES string of the molecule is Nc1ccccc1N(C=O)CCCN1CCN(C(c2ccccc2)c2ccccc2)CC1. The predicted octanol–water partition coefficient (Wildman–Crippen LogP) is 4.03. The van der Waals surface area contributed by atoms with E-state index in [4.69, 9.17) is 5.73 Å². The van der Waals surface area contributed by atoms with Crippen molar-refractivity contribution in [3.63, 3.8) is 0 Å². The number of rotatable bonds is 9. The van der Waals surface area contributed by atoms with Gasteiger partial charge in [0.2, 0.25) is 6.41 Å². The van der Waals surface area contributed by atoms with Gasteiger partial charge in [0.1, 0.15) is 0 Å². The molecule has 3 aromatic carbocycles. The zero-order chi connectivity index (χ0) is 22.2. The Kier molecular flexibility index (Phi) is 7.54. The standard InChI is InChI=1S/C27H32N4O/c28-25-14-7-8-15-26(25)31(22-32)17-9-16-29-18-20-30(21-19-29)27(23-10-3-1-4-11-23)24-12-5-2-6-13-24/h1-8,10-15,22,27H,9,16-21,28H2. The second kappa shape index (κ2) is 10.9. The van der Waals surface area contributed by atoms with Crippen molar-refractivity contribution < 1.29 is 4.79 Å². The molecule has 0 aliphatic carbocycles. The summed E-state index contributed by atoms with van der Waals surface area (Å²) in [5.41, 5.74) is 10.2. The Hall–Kier alpha value is -3.15. The molecular formula is C27H32N4O. The third-order valence-corrected chi connectivity index (χ3v) is 6.25. The first-order valence-electron chi connectivity index (χ1n) is 11.4. The van der Waals surface area contributed by atoms with Crippen LogP contribution in [0.5, 0.6) is 0 Å². The largest absolute Gasteiger partial charge is 0.397 e. The Morgan fingerprint density at radius 3 is 1.94 bits per heavy atom. The van der Waals surface area contributed by atoms with Gasteiger partial charge in [0.15, 0.2) is 0 Å². The highest BCUT2D eigenvalue weighted by atomic mass is 16.1. The number of carbonyl (C=O) groups is 1. The van der Waals surface area contributed by atoms with E-state index >= 15 is 0 Å².